The Kier molecular flexibility index (Phi) is 6.93. The highest BCUT2D eigenvalue weighted by molar-refractivity contribution is 5.80. The van der Waals surface area contributed by atoms with E-state index in [2.05, 4.69) is 55.3 Å². The Morgan fingerprint density at radius 3 is 2.30 bits per heavy atom. The fourth-order valence-corrected chi connectivity index (χ4v) is 4.77. The molecule has 2 heterocycles. The largest absolute Gasteiger partial charge is 0.356 e. The van der Waals surface area contributed by atoms with Crippen molar-refractivity contribution >= 4 is 11.9 Å². The maximum absolute atomic E-state index is 12.5. The van der Waals surface area contributed by atoms with Gasteiger partial charge in [0.05, 0.1) is 6.54 Å². The number of aliphatic imine (C=N–C) groups is 1. The van der Waals surface area contributed by atoms with Crippen LogP contribution in [0.15, 0.2) is 35.3 Å². The molecule has 30 heavy (non-hydrogen) atoms. The molecule has 2 saturated heterocycles. The molecule has 1 aliphatic carbocycles. The summed E-state index contributed by atoms with van der Waals surface area (Å²) in [5.41, 5.74) is 1.82. The maximum Gasteiger partial charge on any atom is 0.236 e. The molecule has 0 atom stereocenters. The molecule has 2 aliphatic heterocycles. The van der Waals surface area contributed by atoms with Crippen molar-refractivity contribution in [1.82, 2.24) is 20.0 Å². The van der Waals surface area contributed by atoms with Crippen molar-refractivity contribution in [2.45, 2.75) is 38.5 Å². The quantitative estimate of drug-likeness (QED) is 0.576. The van der Waals surface area contributed by atoms with Crippen molar-refractivity contribution in [3.05, 3.63) is 35.9 Å². The van der Waals surface area contributed by atoms with E-state index in [1.807, 2.05) is 7.05 Å². The monoisotopic (exact) mass is 411 g/mol. The Hall–Kier alpha value is -2.08. The lowest BCUT2D eigenvalue weighted by molar-refractivity contribution is -0.133. The van der Waals surface area contributed by atoms with Crippen molar-refractivity contribution in [3.8, 4) is 0 Å². The van der Waals surface area contributed by atoms with Crippen molar-refractivity contribution in [2.24, 2.45) is 10.4 Å². The minimum absolute atomic E-state index is 0.308. The third kappa shape index (κ3) is 5.54. The molecule has 6 nitrogen and oxygen atoms in total. The molecule has 1 aromatic carbocycles. The van der Waals surface area contributed by atoms with Crippen molar-refractivity contribution in [3.63, 3.8) is 0 Å². The second-order valence-electron chi connectivity index (χ2n) is 9.27. The first-order chi connectivity index (χ1) is 14.7. The summed E-state index contributed by atoms with van der Waals surface area (Å²) in [4.78, 5) is 23.8. The number of nitrogens with zero attached hydrogens (tertiary/aromatic N) is 4. The summed E-state index contributed by atoms with van der Waals surface area (Å²) in [6, 6.07) is 10.8. The van der Waals surface area contributed by atoms with E-state index in [4.69, 9.17) is 0 Å². The van der Waals surface area contributed by atoms with E-state index in [1.54, 1.807) is 0 Å². The van der Waals surface area contributed by atoms with Crippen molar-refractivity contribution in [2.75, 3.05) is 59.4 Å². The summed E-state index contributed by atoms with van der Waals surface area (Å²) in [6.45, 7) is 7.16. The summed E-state index contributed by atoms with van der Waals surface area (Å²) in [6.07, 6.45) is 7.31. The third-order valence-electron chi connectivity index (χ3n) is 6.95. The van der Waals surface area contributed by atoms with Gasteiger partial charge in [0.15, 0.2) is 5.96 Å². The number of guanidine groups is 1. The molecule has 6 heteroatoms. The van der Waals surface area contributed by atoms with Gasteiger partial charge in [-0.15, -0.1) is 0 Å². The van der Waals surface area contributed by atoms with Crippen LogP contribution < -0.4 is 5.32 Å². The fourth-order valence-electron chi connectivity index (χ4n) is 4.77. The topological polar surface area (TPSA) is 51.2 Å². The van der Waals surface area contributed by atoms with Crippen LogP contribution in [0.1, 0.15) is 37.7 Å². The van der Waals surface area contributed by atoms with Gasteiger partial charge in [-0.1, -0.05) is 30.3 Å². The zero-order chi connectivity index (χ0) is 20.8. The third-order valence-corrected chi connectivity index (χ3v) is 6.95. The van der Waals surface area contributed by atoms with E-state index in [0.717, 1.165) is 71.0 Å². The van der Waals surface area contributed by atoms with Crippen molar-refractivity contribution < 1.29 is 4.79 Å². The Bertz CT molecular complexity index is 716. The van der Waals surface area contributed by atoms with Gasteiger partial charge in [-0.3, -0.25) is 14.7 Å². The van der Waals surface area contributed by atoms with Crippen LogP contribution in [0.5, 0.6) is 0 Å². The number of benzene rings is 1. The predicted octanol–water partition coefficient (Wildman–Crippen LogP) is 2.21. The average molecular weight is 412 g/mol. The van der Waals surface area contributed by atoms with E-state index in [1.165, 1.54) is 24.8 Å². The Balaban J connectivity index is 1.21. The van der Waals surface area contributed by atoms with E-state index < -0.39 is 0 Å². The molecule has 0 spiro atoms. The van der Waals surface area contributed by atoms with Gasteiger partial charge in [0.25, 0.3) is 0 Å². The van der Waals surface area contributed by atoms with E-state index in [0.29, 0.717) is 17.9 Å². The average Bonchev–Trinajstić information content (AvgIpc) is 3.56. The van der Waals surface area contributed by atoms with Crippen LogP contribution >= 0.6 is 0 Å². The predicted molar refractivity (Wildman–Crippen MR) is 122 cm³/mol. The van der Waals surface area contributed by atoms with Crippen molar-refractivity contribution in [1.29, 1.82) is 0 Å². The molecule has 0 unspecified atom stereocenters. The molecule has 0 radical (unpaired) electrons. The minimum atomic E-state index is 0.308. The molecule has 1 saturated carbocycles. The Morgan fingerprint density at radius 1 is 0.967 bits per heavy atom. The van der Waals surface area contributed by atoms with E-state index >= 15 is 0 Å². The molecule has 1 amide bonds. The molecule has 164 valence electrons. The highest BCUT2D eigenvalue weighted by Crippen LogP contribution is 2.47. The molecule has 3 fully saturated rings. The van der Waals surface area contributed by atoms with Gasteiger partial charge in [0, 0.05) is 52.9 Å². The first-order valence-corrected chi connectivity index (χ1v) is 11.7. The van der Waals surface area contributed by atoms with Crippen LogP contribution in [0, 0.1) is 5.41 Å². The molecule has 1 aromatic rings. The number of amides is 1. The van der Waals surface area contributed by atoms with Gasteiger partial charge >= 0.3 is 0 Å². The molecule has 3 aliphatic rings. The lowest BCUT2D eigenvalue weighted by Gasteiger charge is -2.37. The number of hydrogen-bond acceptors (Lipinski definition) is 3. The molecule has 0 aromatic heterocycles. The Morgan fingerprint density at radius 2 is 1.67 bits per heavy atom. The number of likely N-dealkylation sites (tertiary alicyclic amines) is 1. The number of piperazine rings is 1. The van der Waals surface area contributed by atoms with Crippen LogP contribution in [0.3, 0.4) is 0 Å². The zero-order valence-corrected chi connectivity index (χ0v) is 18.5. The summed E-state index contributed by atoms with van der Waals surface area (Å²) in [5, 5.41) is 3.65. The van der Waals surface area contributed by atoms with Gasteiger partial charge in [-0.05, 0) is 49.5 Å². The van der Waals surface area contributed by atoms with Gasteiger partial charge in [0.1, 0.15) is 0 Å². The van der Waals surface area contributed by atoms with Crippen LogP contribution in [0.25, 0.3) is 0 Å². The van der Waals surface area contributed by atoms with Crippen LogP contribution in [-0.2, 0) is 11.2 Å². The molecule has 0 bridgehead atoms. The smallest absolute Gasteiger partial charge is 0.236 e. The minimum Gasteiger partial charge on any atom is -0.356 e. The number of rotatable bonds is 6. The fraction of sp³-hybridized carbons (Fsp3) is 0.667. The number of hydrogen-bond donors (Lipinski definition) is 1. The Labute approximate surface area is 181 Å². The molecule has 4 rings (SSSR count). The second kappa shape index (κ2) is 9.82. The van der Waals surface area contributed by atoms with Crippen LogP contribution in [-0.4, -0.2) is 86.0 Å². The normalized spacial score (nSPS) is 22.1. The summed E-state index contributed by atoms with van der Waals surface area (Å²) >= 11 is 0. The van der Waals surface area contributed by atoms with Gasteiger partial charge in [-0.25, -0.2) is 0 Å². The first kappa shape index (κ1) is 21.2. The summed E-state index contributed by atoms with van der Waals surface area (Å²) < 4.78 is 0. The van der Waals surface area contributed by atoms with Crippen LogP contribution in [0.2, 0.25) is 0 Å². The number of piperidine rings is 1. The van der Waals surface area contributed by atoms with E-state index in [-0.39, 0.29) is 0 Å². The SMILES string of the molecule is CN=C(NCC1(Cc2ccccc2)CC1)N1CCN(CC(=O)N2CCCCC2)CC1. The van der Waals surface area contributed by atoms with Gasteiger partial charge < -0.3 is 15.1 Å². The molecular formula is C24H37N5O. The number of carbonyl (C=O) groups is 1. The lowest BCUT2D eigenvalue weighted by Crippen LogP contribution is -2.55. The maximum atomic E-state index is 12.5. The zero-order valence-electron chi connectivity index (χ0n) is 18.5. The highest BCUT2D eigenvalue weighted by atomic mass is 16.2. The lowest BCUT2D eigenvalue weighted by atomic mass is 9.96. The summed E-state index contributed by atoms with van der Waals surface area (Å²) in [5.74, 6) is 1.32. The van der Waals surface area contributed by atoms with Crippen LogP contribution in [0.4, 0.5) is 0 Å². The highest BCUT2D eigenvalue weighted by Gasteiger charge is 2.42. The number of nitrogens with one attached hydrogen (secondary N) is 1. The number of carbonyl (C=O) groups excluding carboxylic acids is 1. The summed E-state index contributed by atoms with van der Waals surface area (Å²) in [7, 11) is 1.88. The van der Waals surface area contributed by atoms with Gasteiger partial charge in [-0.2, -0.15) is 0 Å². The molecular weight excluding hydrogens is 374 g/mol. The first-order valence-electron chi connectivity index (χ1n) is 11.7. The van der Waals surface area contributed by atoms with Gasteiger partial charge in [0.2, 0.25) is 5.91 Å². The standard InChI is InChI=1S/C24H37N5O/c1-25-23(26-20-24(10-11-24)18-21-8-4-2-5-9-21)29-16-14-27(15-17-29)19-22(30)28-12-6-3-7-13-28/h2,4-5,8-9H,3,6-7,10-20H2,1H3,(H,25,26). The van der Waals surface area contributed by atoms with E-state index in [9.17, 15) is 4.79 Å². The second-order valence-corrected chi connectivity index (χ2v) is 9.27. The molecule has 1 N–H and O–H groups in total.